The minimum Gasteiger partial charge on any atom is -0.323 e. The number of pyridine rings is 1. The first kappa shape index (κ1) is 16.0. The summed E-state index contributed by atoms with van der Waals surface area (Å²) in [5.74, 6) is 0. The predicted octanol–water partition coefficient (Wildman–Crippen LogP) is 4.60. The van der Waals surface area contributed by atoms with Crippen molar-refractivity contribution in [2.75, 3.05) is 0 Å². The average Bonchev–Trinajstić information content (AvgIpc) is 3.08. The van der Waals surface area contributed by atoms with Crippen LogP contribution in [0.3, 0.4) is 0 Å². The molecule has 1 aliphatic rings. The molecular formula is C21H18ClN3. The van der Waals surface area contributed by atoms with E-state index in [4.69, 9.17) is 22.3 Å². The van der Waals surface area contributed by atoms with Crippen LogP contribution < -0.4 is 5.73 Å². The van der Waals surface area contributed by atoms with E-state index in [0.717, 1.165) is 40.4 Å². The number of nitrogens with zero attached hydrogens (tertiary/aromatic N) is 2. The molecule has 2 heterocycles. The molecule has 0 radical (unpaired) electrons. The van der Waals surface area contributed by atoms with Gasteiger partial charge in [0, 0.05) is 35.6 Å². The molecular weight excluding hydrogens is 330 g/mol. The lowest BCUT2D eigenvalue weighted by Crippen LogP contribution is -2.32. The number of rotatable bonds is 4. The van der Waals surface area contributed by atoms with Crippen molar-refractivity contribution in [1.82, 2.24) is 4.98 Å². The smallest absolute Gasteiger partial charge is 0.0671 e. The molecule has 1 atom stereocenters. The van der Waals surface area contributed by atoms with Gasteiger partial charge in [-0.15, -0.1) is 0 Å². The summed E-state index contributed by atoms with van der Waals surface area (Å²) in [5, 5.41) is 0.742. The third-order valence-electron chi connectivity index (χ3n) is 4.53. The first-order valence-electron chi connectivity index (χ1n) is 8.30. The van der Waals surface area contributed by atoms with Gasteiger partial charge in [-0.05, 0) is 59.0 Å². The Morgan fingerprint density at radius 1 is 0.960 bits per heavy atom. The van der Waals surface area contributed by atoms with E-state index >= 15 is 0 Å². The fraction of sp³-hybridized carbons (Fsp3) is 0.143. The Labute approximate surface area is 152 Å². The Morgan fingerprint density at radius 2 is 1.72 bits per heavy atom. The summed E-state index contributed by atoms with van der Waals surface area (Å²) in [5.41, 5.74) is 13.2. The van der Waals surface area contributed by atoms with Crippen LogP contribution in [0.25, 0.3) is 11.1 Å². The van der Waals surface area contributed by atoms with Crippen LogP contribution in [0.1, 0.15) is 11.1 Å². The lowest BCUT2D eigenvalue weighted by Gasteiger charge is -2.11. The van der Waals surface area contributed by atoms with Crippen LogP contribution >= 0.6 is 11.6 Å². The fourth-order valence-corrected chi connectivity index (χ4v) is 3.26. The highest BCUT2D eigenvalue weighted by molar-refractivity contribution is 6.30. The van der Waals surface area contributed by atoms with Crippen molar-refractivity contribution in [3.05, 3.63) is 83.1 Å². The fourth-order valence-electron chi connectivity index (χ4n) is 3.14. The van der Waals surface area contributed by atoms with E-state index in [1.165, 1.54) is 11.1 Å². The SMILES string of the molecule is N[C@H](Cc1ccc(Cl)cc1)C1=Nc2cc(-c3ccncc3)ccc2C1. The van der Waals surface area contributed by atoms with Crippen molar-refractivity contribution in [3.8, 4) is 11.1 Å². The van der Waals surface area contributed by atoms with Crippen molar-refractivity contribution in [3.63, 3.8) is 0 Å². The molecule has 1 aromatic heterocycles. The molecule has 25 heavy (non-hydrogen) atoms. The van der Waals surface area contributed by atoms with E-state index in [9.17, 15) is 0 Å². The minimum atomic E-state index is -0.0852. The molecule has 0 saturated heterocycles. The molecule has 0 spiro atoms. The maximum absolute atomic E-state index is 6.41. The van der Waals surface area contributed by atoms with Crippen LogP contribution in [0.5, 0.6) is 0 Å². The van der Waals surface area contributed by atoms with Crippen LogP contribution in [0, 0.1) is 0 Å². The van der Waals surface area contributed by atoms with Gasteiger partial charge in [-0.1, -0.05) is 35.9 Å². The molecule has 0 unspecified atom stereocenters. The quantitative estimate of drug-likeness (QED) is 0.749. The summed E-state index contributed by atoms with van der Waals surface area (Å²) in [6.07, 6.45) is 5.19. The number of aromatic nitrogens is 1. The zero-order valence-electron chi connectivity index (χ0n) is 13.7. The van der Waals surface area contributed by atoms with Gasteiger partial charge >= 0.3 is 0 Å². The normalized spacial score (nSPS) is 14.1. The van der Waals surface area contributed by atoms with E-state index in [-0.39, 0.29) is 6.04 Å². The molecule has 0 saturated carbocycles. The molecule has 0 aliphatic carbocycles. The average molecular weight is 348 g/mol. The summed E-state index contributed by atoms with van der Waals surface area (Å²) in [4.78, 5) is 8.87. The number of benzene rings is 2. The Balaban J connectivity index is 1.54. The Morgan fingerprint density at radius 3 is 2.48 bits per heavy atom. The van der Waals surface area contributed by atoms with Gasteiger partial charge in [0.1, 0.15) is 0 Å². The van der Waals surface area contributed by atoms with E-state index < -0.39 is 0 Å². The molecule has 3 aromatic rings. The summed E-state index contributed by atoms with van der Waals surface area (Å²) >= 11 is 5.94. The lowest BCUT2D eigenvalue weighted by molar-refractivity contribution is 0.839. The van der Waals surface area contributed by atoms with Gasteiger partial charge in [0.25, 0.3) is 0 Å². The summed E-state index contributed by atoms with van der Waals surface area (Å²) in [7, 11) is 0. The molecule has 0 amide bonds. The minimum absolute atomic E-state index is 0.0852. The number of fused-ring (bicyclic) bond motifs is 1. The van der Waals surface area contributed by atoms with Crippen molar-refractivity contribution < 1.29 is 0 Å². The number of halogens is 1. The molecule has 0 bridgehead atoms. The van der Waals surface area contributed by atoms with Gasteiger partial charge in [-0.3, -0.25) is 9.98 Å². The van der Waals surface area contributed by atoms with E-state index in [1.807, 2.05) is 36.4 Å². The summed E-state index contributed by atoms with van der Waals surface area (Å²) in [6.45, 7) is 0. The van der Waals surface area contributed by atoms with E-state index in [1.54, 1.807) is 12.4 Å². The van der Waals surface area contributed by atoms with Crippen LogP contribution in [-0.2, 0) is 12.8 Å². The molecule has 0 fully saturated rings. The maximum atomic E-state index is 6.41. The standard InChI is InChI=1S/C21H18ClN3/c22-18-5-1-14(2-6-18)11-19(23)21-13-17-4-3-16(12-20(17)25-21)15-7-9-24-10-8-15/h1-10,12,19H,11,13,23H2/t19-/m1/s1. The zero-order valence-corrected chi connectivity index (χ0v) is 14.4. The second-order valence-electron chi connectivity index (χ2n) is 6.30. The first-order chi connectivity index (χ1) is 12.2. The third-order valence-corrected chi connectivity index (χ3v) is 4.78. The second kappa shape index (κ2) is 6.79. The Bertz CT molecular complexity index is 918. The molecule has 4 rings (SSSR count). The van der Waals surface area contributed by atoms with Crippen molar-refractivity contribution in [2.24, 2.45) is 10.7 Å². The monoisotopic (exact) mass is 347 g/mol. The van der Waals surface area contributed by atoms with Gasteiger partial charge in [0.15, 0.2) is 0 Å². The molecule has 3 nitrogen and oxygen atoms in total. The number of hydrogen-bond donors (Lipinski definition) is 1. The van der Waals surface area contributed by atoms with Gasteiger partial charge in [0.05, 0.1) is 5.69 Å². The Kier molecular flexibility index (Phi) is 4.35. The molecule has 2 aromatic carbocycles. The highest BCUT2D eigenvalue weighted by atomic mass is 35.5. The third kappa shape index (κ3) is 3.48. The van der Waals surface area contributed by atoms with Crippen LogP contribution in [0.4, 0.5) is 5.69 Å². The zero-order chi connectivity index (χ0) is 17.2. The Hall–Kier alpha value is -2.49. The number of aliphatic imine (C=N–C) groups is 1. The molecule has 2 N–H and O–H groups in total. The highest BCUT2D eigenvalue weighted by Crippen LogP contribution is 2.32. The summed E-state index contributed by atoms with van der Waals surface area (Å²) in [6, 6.07) is 18.2. The number of nitrogens with two attached hydrogens (primary N) is 1. The van der Waals surface area contributed by atoms with Crippen LogP contribution in [0.2, 0.25) is 5.02 Å². The number of hydrogen-bond acceptors (Lipinski definition) is 3. The predicted molar refractivity (Wildman–Crippen MR) is 104 cm³/mol. The van der Waals surface area contributed by atoms with Gasteiger partial charge in [-0.2, -0.15) is 0 Å². The van der Waals surface area contributed by atoms with E-state index in [2.05, 4.69) is 23.2 Å². The lowest BCUT2D eigenvalue weighted by atomic mass is 9.98. The molecule has 1 aliphatic heterocycles. The van der Waals surface area contributed by atoms with Gasteiger partial charge < -0.3 is 5.73 Å². The van der Waals surface area contributed by atoms with Gasteiger partial charge in [0.2, 0.25) is 0 Å². The van der Waals surface area contributed by atoms with Gasteiger partial charge in [-0.25, -0.2) is 0 Å². The van der Waals surface area contributed by atoms with Crippen molar-refractivity contribution in [1.29, 1.82) is 0 Å². The van der Waals surface area contributed by atoms with E-state index in [0.29, 0.717) is 0 Å². The molecule has 4 heteroatoms. The summed E-state index contributed by atoms with van der Waals surface area (Å²) < 4.78 is 0. The first-order valence-corrected chi connectivity index (χ1v) is 8.67. The van der Waals surface area contributed by atoms with Crippen molar-refractivity contribution >= 4 is 23.0 Å². The van der Waals surface area contributed by atoms with Crippen molar-refractivity contribution in [2.45, 2.75) is 18.9 Å². The van der Waals surface area contributed by atoms with Crippen LogP contribution in [-0.4, -0.2) is 16.7 Å². The van der Waals surface area contributed by atoms with Crippen LogP contribution in [0.15, 0.2) is 72.0 Å². The largest absolute Gasteiger partial charge is 0.323 e. The highest BCUT2D eigenvalue weighted by Gasteiger charge is 2.20. The maximum Gasteiger partial charge on any atom is 0.0671 e. The molecule has 124 valence electrons. The topological polar surface area (TPSA) is 51.3 Å². The second-order valence-corrected chi connectivity index (χ2v) is 6.73.